The Morgan fingerprint density at radius 1 is 0.939 bits per heavy atom. The van der Waals surface area contributed by atoms with E-state index in [1.807, 2.05) is 72.5 Å². The minimum Gasteiger partial charge on any atom is -0.348 e. The molecule has 3 aromatic carbocycles. The normalized spacial score (nSPS) is 16.3. The smallest absolute Gasteiger partial charge is 0.253 e. The topological polar surface area (TPSA) is 49.3 Å². The van der Waals surface area contributed by atoms with Gasteiger partial charge >= 0.3 is 0 Å². The molecule has 2 heterocycles. The zero-order chi connectivity index (χ0) is 22.9. The lowest BCUT2D eigenvalue weighted by Gasteiger charge is -2.40. The van der Waals surface area contributed by atoms with Crippen LogP contribution in [-0.4, -0.2) is 46.7 Å². The second kappa shape index (κ2) is 8.62. The Morgan fingerprint density at radius 3 is 2.39 bits per heavy atom. The van der Waals surface area contributed by atoms with E-state index in [1.54, 1.807) is 6.07 Å². The molecule has 1 aromatic heterocycles. The highest BCUT2D eigenvalue weighted by Gasteiger charge is 2.29. The average molecular weight is 441 g/mol. The molecule has 0 radical (unpaired) electrons. The van der Waals surface area contributed by atoms with Crippen molar-refractivity contribution >= 4 is 22.5 Å². The molecule has 1 amide bonds. The predicted octanol–water partition coefficient (Wildman–Crippen LogP) is 5.10. The van der Waals surface area contributed by atoms with Crippen LogP contribution in [0.15, 0.2) is 72.8 Å². The van der Waals surface area contributed by atoms with Crippen LogP contribution in [0.3, 0.4) is 0 Å². The number of nitrogens with zero attached hydrogens (tertiary/aromatic N) is 4. The van der Waals surface area contributed by atoms with Crippen LogP contribution in [0.25, 0.3) is 22.0 Å². The Kier molecular flexibility index (Phi) is 5.50. The summed E-state index contributed by atoms with van der Waals surface area (Å²) in [5.74, 6) is 0.507. The van der Waals surface area contributed by atoms with Crippen molar-refractivity contribution in [2.45, 2.75) is 19.9 Å². The Hall–Kier alpha value is -3.80. The fourth-order valence-corrected chi connectivity index (χ4v) is 4.53. The van der Waals surface area contributed by atoms with Crippen LogP contribution in [0.4, 0.5) is 10.2 Å². The van der Waals surface area contributed by atoms with Gasteiger partial charge in [0.1, 0.15) is 11.5 Å². The van der Waals surface area contributed by atoms with E-state index in [0.717, 1.165) is 22.2 Å². The highest BCUT2D eigenvalue weighted by Crippen LogP contribution is 2.34. The van der Waals surface area contributed by atoms with Gasteiger partial charge in [0.05, 0.1) is 0 Å². The fraction of sp³-hybridized carbons (Fsp3) is 0.222. The number of anilines is 1. The zero-order valence-corrected chi connectivity index (χ0v) is 18.7. The highest BCUT2D eigenvalue weighted by atomic mass is 19.1. The van der Waals surface area contributed by atoms with E-state index in [1.165, 1.54) is 6.07 Å². The third-order valence-corrected chi connectivity index (χ3v) is 6.26. The van der Waals surface area contributed by atoms with Gasteiger partial charge in [-0.25, -0.2) is 4.39 Å². The van der Waals surface area contributed by atoms with Gasteiger partial charge in [-0.05, 0) is 43.7 Å². The molecule has 1 saturated heterocycles. The number of halogens is 1. The van der Waals surface area contributed by atoms with Gasteiger partial charge in [0.2, 0.25) is 0 Å². The zero-order valence-electron chi connectivity index (χ0n) is 18.7. The molecule has 0 spiro atoms. The van der Waals surface area contributed by atoms with Crippen LogP contribution in [0.1, 0.15) is 22.8 Å². The maximum atomic E-state index is 14.7. The molecule has 5 nitrogen and oxygen atoms in total. The van der Waals surface area contributed by atoms with Crippen molar-refractivity contribution in [2.24, 2.45) is 0 Å². The molecule has 1 aliphatic rings. The molecule has 5 rings (SSSR count). The molecule has 1 unspecified atom stereocenters. The summed E-state index contributed by atoms with van der Waals surface area (Å²) in [6.07, 6.45) is 0. The van der Waals surface area contributed by atoms with E-state index >= 15 is 0 Å². The Morgan fingerprint density at radius 2 is 1.67 bits per heavy atom. The van der Waals surface area contributed by atoms with Crippen molar-refractivity contribution in [1.29, 1.82) is 0 Å². The van der Waals surface area contributed by atoms with Gasteiger partial charge in [-0.1, -0.05) is 48.5 Å². The number of benzene rings is 3. The monoisotopic (exact) mass is 440 g/mol. The average Bonchev–Trinajstić information content (AvgIpc) is 2.84. The Labute approximate surface area is 192 Å². The third kappa shape index (κ3) is 3.93. The quantitative estimate of drug-likeness (QED) is 0.445. The molecule has 0 bridgehead atoms. The minimum atomic E-state index is -0.302. The van der Waals surface area contributed by atoms with E-state index in [-0.39, 0.29) is 17.8 Å². The Balaban J connectivity index is 1.47. The molecule has 6 heteroatoms. The first-order valence-electron chi connectivity index (χ1n) is 11.2. The summed E-state index contributed by atoms with van der Waals surface area (Å²) in [6, 6.07) is 22.5. The first-order chi connectivity index (χ1) is 16.0. The molecule has 1 fully saturated rings. The summed E-state index contributed by atoms with van der Waals surface area (Å²) in [5.41, 5.74) is 2.55. The van der Waals surface area contributed by atoms with Crippen LogP contribution in [0.2, 0.25) is 0 Å². The summed E-state index contributed by atoms with van der Waals surface area (Å²) < 4.78 is 14.7. The molecule has 1 atom stereocenters. The molecule has 1 aliphatic heterocycles. The number of carbonyl (C=O) groups is 1. The van der Waals surface area contributed by atoms with Crippen molar-refractivity contribution in [3.8, 4) is 11.3 Å². The molecule has 166 valence electrons. The number of carbonyl (C=O) groups excluding carboxylic acids is 1. The summed E-state index contributed by atoms with van der Waals surface area (Å²) >= 11 is 0. The molecular formula is C27H25FN4O. The van der Waals surface area contributed by atoms with Crippen LogP contribution in [0, 0.1) is 12.7 Å². The van der Waals surface area contributed by atoms with E-state index < -0.39 is 0 Å². The number of amides is 1. The number of hydrogen-bond donors (Lipinski definition) is 0. The van der Waals surface area contributed by atoms with Crippen LogP contribution in [0.5, 0.6) is 0 Å². The first kappa shape index (κ1) is 21.1. The second-order valence-corrected chi connectivity index (χ2v) is 8.56. The van der Waals surface area contributed by atoms with Gasteiger partial charge in [0, 0.05) is 47.6 Å². The lowest BCUT2D eigenvalue weighted by molar-refractivity contribution is 0.0726. The number of aromatic nitrogens is 2. The highest BCUT2D eigenvalue weighted by molar-refractivity contribution is 6.00. The predicted molar refractivity (Wildman–Crippen MR) is 129 cm³/mol. The van der Waals surface area contributed by atoms with Crippen LogP contribution in [-0.2, 0) is 0 Å². The lowest BCUT2D eigenvalue weighted by atomic mass is 10.0. The Bertz CT molecular complexity index is 1320. The number of piperazine rings is 1. The number of hydrogen-bond acceptors (Lipinski definition) is 4. The fourth-order valence-electron chi connectivity index (χ4n) is 4.53. The van der Waals surface area contributed by atoms with Gasteiger partial charge in [-0.15, -0.1) is 10.2 Å². The third-order valence-electron chi connectivity index (χ3n) is 6.26. The van der Waals surface area contributed by atoms with Crippen molar-refractivity contribution in [3.63, 3.8) is 0 Å². The molecular weight excluding hydrogens is 415 g/mol. The molecule has 4 aromatic rings. The molecule has 0 N–H and O–H groups in total. The van der Waals surface area contributed by atoms with Gasteiger partial charge < -0.3 is 9.80 Å². The minimum absolute atomic E-state index is 0.0447. The summed E-state index contributed by atoms with van der Waals surface area (Å²) in [7, 11) is 0. The number of fused-ring (bicyclic) bond motifs is 1. The van der Waals surface area contributed by atoms with Gasteiger partial charge in [0.25, 0.3) is 5.91 Å². The largest absolute Gasteiger partial charge is 0.348 e. The molecule has 0 aliphatic carbocycles. The van der Waals surface area contributed by atoms with Gasteiger partial charge in [-0.3, -0.25) is 4.79 Å². The van der Waals surface area contributed by atoms with Crippen molar-refractivity contribution in [3.05, 3.63) is 89.7 Å². The maximum Gasteiger partial charge on any atom is 0.253 e. The maximum absolute atomic E-state index is 14.7. The summed E-state index contributed by atoms with van der Waals surface area (Å²) in [6.45, 7) is 5.80. The van der Waals surface area contributed by atoms with Crippen molar-refractivity contribution in [2.75, 3.05) is 24.5 Å². The van der Waals surface area contributed by atoms with E-state index in [2.05, 4.69) is 22.0 Å². The van der Waals surface area contributed by atoms with Crippen molar-refractivity contribution in [1.82, 2.24) is 15.1 Å². The lowest BCUT2D eigenvalue weighted by Crippen LogP contribution is -2.54. The number of aryl methyl sites for hydroxylation is 1. The van der Waals surface area contributed by atoms with E-state index in [4.69, 9.17) is 0 Å². The van der Waals surface area contributed by atoms with E-state index in [9.17, 15) is 9.18 Å². The summed E-state index contributed by atoms with van der Waals surface area (Å²) in [5, 5.41) is 10.8. The molecule has 33 heavy (non-hydrogen) atoms. The van der Waals surface area contributed by atoms with Crippen molar-refractivity contribution < 1.29 is 9.18 Å². The van der Waals surface area contributed by atoms with Gasteiger partial charge in [0.15, 0.2) is 5.82 Å². The standard InChI is InChI=1S/C27H25FN4O/c1-18-12-13-23(24(28)16-18)25-21-10-6-7-11-22(21)26(30-29-25)32-15-14-31(17-19(32)2)27(33)20-8-4-3-5-9-20/h3-13,16,19H,14-15,17H2,1-2H3. The van der Waals surface area contributed by atoms with Crippen LogP contribution < -0.4 is 4.90 Å². The first-order valence-corrected chi connectivity index (χ1v) is 11.2. The summed E-state index contributed by atoms with van der Waals surface area (Å²) in [4.78, 5) is 17.0. The molecule has 0 saturated carbocycles. The van der Waals surface area contributed by atoms with Crippen LogP contribution >= 0.6 is 0 Å². The number of rotatable bonds is 3. The van der Waals surface area contributed by atoms with Gasteiger partial charge in [-0.2, -0.15) is 0 Å². The second-order valence-electron chi connectivity index (χ2n) is 8.56. The van der Waals surface area contributed by atoms with E-state index in [0.29, 0.717) is 36.5 Å². The SMILES string of the molecule is Cc1ccc(-c2nnc(N3CCN(C(=O)c4ccccc4)CC3C)c3ccccc23)c(F)c1.